The van der Waals surface area contributed by atoms with Crippen LogP contribution in [0.4, 0.5) is 4.39 Å². The normalized spacial score (nSPS) is 12.9. The van der Waals surface area contributed by atoms with Crippen LogP contribution in [0.3, 0.4) is 0 Å². The van der Waals surface area contributed by atoms with Crippen LogP contribution < -0.4 is 10.0 Å². The van der Waals surface area contributed by atoms with Crippen LogP contribution in [0.5, 0.6) is 0 Å². The first-order valence-corrected chi connectivity index (χ1v) is 7.98. The largest absolute Gasteiger partial charge is 0.352 e. The highest BCUT2D eigenvalue weighted by Crippen LogP contribution is 2.06. The highest BCUT2D eigenvalue weighted by molar-refractivity contribution is 7.89. The van der Waals surface area contributed by atoms with Crippen molar-refractivity contribution < 1.29 is 17.6 Å². The second-order valence-electron chi connectivity index (χ2n) is 4.53. The van der Waals surface area contributed by atoms with Gasteiger partial charge < -0.3 is 5.32 Å². The second-order valence-corrected chi connectivity index (χ2v) is 6.62. The van der Waals surface area contributed by atoms with Crippen LogP contribution in [0.25, 0.3) is 0 Å². The van der Waals surface area contributed by atoms with Gasteiger partial charge in [0.25, 0.3) is 0 Å². The lowest BCUT2D eigenvalue weighted by Gasteiger charge is -2.14. The molecule has 1 amide bonds. The number of halogens is 1. The SMILES string of the molecule is CCS(=O)(=O)NCC(=O)N[C@@H](C)Cc1cccc(F)c1. The van der Waals surface area contributed by atoms with Gasteiger partial charge in [0.1, 0.15) is 5.82 Å². The van der Waals surface area contributed by atoms with Gasteiger partial charge in [0.15, 0.2) is 0 Å². The maximum Gasteiger partial charge on any atom is 0.235 e. The molecule has 1 aromatic rings. The molecule has 20 heavy (non-hydrogen) atoms. The number of carbonyl (C=O) groups excluding carboxylic acids is 1. The van der Waals surface area contributed by atoms with Crippen LogP contribution in [-0.2, 0) is 21.2 Å². The zero-order chi connectivity index (χ0) is 15.2. The van der Waals surface area contributed by atoms with Crippen molar-refractivity contribution in [3.8, 4) is 0 Å². The van der Waals surface area contributed by atoms with Crippen LogP contribution in [0.1, 0.15) is 19.4 Å². The van der Waals surface area contributed by atoms with E-state index in [1.807, 2.05) is 0 Å². The predicted octanol–water partition coefficient (Wildman–Crippen LogP) is 0.812. The fourth-order valence-electron chi connectivity index (χ4n) is 1.67. The Morgan fingerprint density at radius 2 is 2.10 bits per heavy atom. The summed E-state index contributed by atoms with van der Waals surface area (Å²) in [5, 5.41) is 2.66. The van der Waals surface area contributed by atoms with Gasteiger partial charge in [-0.25, -0.2) is 17.5 Å². The summed E-state index contributed by atoms with van der Waals surface area (Å²) in [6.07, 6.45) is 0.476. The summed E-state index contributed by atoms with van der Waals surface area (Å²) in [7, 11) is -3.38. The van der Waals surface area contributed by atoms with Gasteiger partial charge in [0, 0.05) is 6.04 Å². The maximum absolute atomic E-state index is 13.0. The number of benzene rings is 1. The topological polar surface area (TPSA) is 75.3 Å². The molecule has 5 nitrogen and oxygen atoms in total. The van der Waals surface area contributed by atoms with Gasteiger partial charge >= 0.3 is 0 Å². The van der Waals surface area contributed by atoms with Gasteiger partial charge in [-0.15, -0.1) is 0 Å². The summed E-state index contributed by atoms with van der Waals surface area (Å²) < 4.78 is 37.6. The van der Waals surface area contributed by atoms with E-state index in [0.717, 1.165) is 5.56 Å². The molecule has 0 heterocycles. The molecule has 1 atom stereocenters. The molecule has 2 N–H and O–H groups in total. The molecule has 7 heteroatoms. The standard InChI is InChI=1S/C13H19FN2O3S/c1-3-20(18,19)15-9-13(17)16-10(2)7-11-5-4-6-12(14)8-11/h4-6,8,10,15H,3,7,9H2,1-2H3,(H,16,17)/t10-/m0/s1. The molecule has 0 saturated carbocycles. The monoisotopic (exact) mass is 302 g/mol. The van der Waals surface area contributed by atoms with Crippen molar-refractivity contribution in [2.24, 2.45) is 0 Å². The summed E-state index contributed by atoms with van der Waals surface area (Å²) >= 11 is 0. The van der Waals surface area contributed by atoms with Gasteiger partial charge in [0.2, 0.25) is 15.9 Å². The quantitative estimate of drug-likeness (QED) is 0.783. The molecule has 0 aliphatic heterocycles. The molecule has 0 radical (unpaired) electrons. The molecule has 0 unspecified atom stereocenters. The minimum atomic E-state index is -3.38. The minimum absolute atomic E-state index is 0.0703. The first-order valence-electron chi connectivity index (χ1n) is 6.33. The van der Waals surface area contributed by atoms with Gasteiger partial charge in [-0.05, 0) is 38.0 Å². The van der Waals surface area contributed by atoms with E-state index in [0.29, 0.717) is 6.42 Å². The summed E-state index contributed by atoms with van der Waals surface area (Å²) in [4.78, 5) is 11.6. The van der Waals surface area contributed by atoms with Gasteiger partial charge in [-0.3, -0.25) is 4.79 Å². The fraction of sp³-hybridized carbons (Fsp3) is 0.462. The Bertz CT molecular complexity index is 560. The molecule has 0 aliphatic carbocycles. The van der Waals surface area contributed by atoms with E-state index in [2.05, 4.69) is 10.0 Å². The zero-order valence-electron chi connectivity index (χ0n) is 11.5. The van der Waals surface area contributed by atoms with Crippen LogP contribution in [0, 0.1) is 5.82 Å². The number of rotatable bonds is 7. The third-order valence-electron chi connectivity index (χ3n) is 2.67. The van der Waals surface area contributed by atoms with Crippen LogP contribution in [0.2, 0.25) is 0 Å². The third kappa shape index (κ3) is 6.12. The van der Waals surface area contributed by atoms with Crippen LogP contribution in [0.15, 0.2) is 24.3 Å². The second kappa shape index (κ2) is 7.35. The number of carbonyl (C=O) groups is 1. The molecule has 0 aliphatic rings. The van der Waals surface area contributed by atoms with Crippen LogP contribution in [-0.4, -0.2) is 32.7 Å². The Morgan fingerprint density at radius 1 is 1.40 bits per heavy atom. The highest BCUT2D eigenvalue weighted by atomic mass is 32.2. The average molecular weight is 302 g/mol. The molecule has 0 spiro atoms. The highest BCUT2D eigenvalue weighted by Gasteiger charge is 2.12. The van der Waals surface area contributed by atoms with Gasteiger partial charge in [-0.2, -0.15) is 0 Å². The Hall–Kier alpha value is -1.47. The van der Waals surface area contributed by atoms with Crippen molar-refractivity contribution in [1.82, 2.24) is 10.0 Å². The van der Waals surface area contributed by atoms with Gasteiger partial charge in [0.05, 0.1) is 12.3 Å². The average Bonchev–Trinajstić information content (AvgIpc) is 2.36. The Morgan fingerprint density at radius 3 is 2.70 bits per heavy atom. The lowest BCUT2D eigenvalue weighted by molar-refractivity contribution is -0.120. The maximum atomic E-state index is 13.0. The van der Waals surface area contributed by atoms with E-state index < -0.39 is 15.9 Å². The molecule has 0 fully saturated rings. The van der Waals surface area contributed by atoms with E-state index in [4.69, 9.17) is 0 Å². The summed E-state index contributed by atoms with van der Waals surface area (Å²) in [6.45, 7) is 2.98. The number of hydrogen-bond acceptors (Lipinski definition) is 3. The van der Waals surface area contributed by atoms with Crippen molar-refractivity contribution in [2.75, 3.05) is 12.3 Å². The Balaban J connectivity index is 2.42. The summed E-state index contributed by atoms with van der Waals surface area (Å²) in [5.41, 5.74) is 0.770. The summed E-state index contributed by atoms with van der Waals surface area (Å²) in [5.74, 6) is -0.804. The minimum Gasteiger partial charge on any atom is -0.352 e. The molecule has 0 bridgehead atoms. The molecular formula is C13H19FN2O3S. The number of sulfonamides is 1. The lowest BCUT2D eigenvalue weighted by Crippen LogP contribution is -2.41. The van der Waals surface area contributed by atoms with Crippen molar-refractivity contribution in [1.29, 1.82) is 0 Å². The molecule has 1 aromatic carbocycles. The van der Waals surface area contributed by atoms with E-state index in [9.17, 15) is 17.6 Å². The number of amides is 1. The predicted molar refractivity (Wildman–Crippen MR) is 75.2 cm³/mol. The van der Waals surface area contributed by atoms with Crippen molar-refractivity contribution in [3.63, 3.8) is 0 Å². The van der Waals surface area contributed by atoms with E-state index in [-0.39, 0.29) is 24.2 Å². The lowest BCUT2D eigenvalue weighted by atomic mass is 10.1. The smallest absolute Gasteiger partial charge is 0.235 e. The fourth-order valence-corrected chi connectivity index (χ4v) is 2.23. The number of hydrogen-bond donors (Lipinski definition) is 2. The molecule has 1 rings (SSSR count). The molecule has 0 saturated heterocycles. The third-order valence-corrected chi connectivity index (χ3v) is 4.02. The van der Waals surface area contributed by atoms with E-state index in [1.54, 1.807) is 19.1 Å². The number of nitrogens with one attached hydrogen (secondary N) is 2. The summed E-state index contributed by atoms with van der Waals surface area (Å²) in [6, 6.07) is 5.92. The molecule has 112 valence electrons. The Labute approximate surface area is 118 Å². The van der Waals surface area contributed by atoms with Crippen molar-refractivity contribution in [2.45, 2.75) is 26.3 Å². The van der Waals surface area contributed by atoms with Crippen molar-refractivity contribution >= 4 is 15.9 Å². The van der Waals surface area contributed by atoms with Gasteiger partial charge in [-0.1, -0.05) is 12.1 Å². The van der Waals surface area contributed by atoms with Crippen LogP contribution >= 0.6 is 0 Å². The van der Waals surface area contributed by atoms with E-state index >= 15 is 0 Å². The zero-order valence-corrected chi connectivity index (χ0v) is 12.3. The molecular weight excluding hydrogens is 283 g/mol. The first kappa shape index (κ1) is 16.6. The van der Waals surface area contributed by atoms with Crippen molar-refractivity contribution in [3.05, 3.63) is 35.6 Å². The first-order chi connectivity index (χ1) is 9.32. The molecule has 0 aromatic heterocycles. The van der Waals surface area contributed by atoms with E-state index in [1.165, 1.54) is 19.1 Å². The Kier molecular flexibility index (Phi) is 6.09.